The van der Waals surface area contributed by atoms with E-state index in [4.69, 9.17) is 11.6 Å². The molecule has 0 bridgehead atoms. The highest BCUT2D eigenvalue weighted by Crippen LogP contribution is 2.11. The van der Waals surface area contributed by atoms with Gasteiger partial charge in [0.1, 0.15) is 5.82 Å². The third-order valence-corrected chi connectivity index (χ3v) is 3.23. The average Bonchev–Trinajstić information content (AvgIpc) is 2.39. The van der Waals surface area contributed by atoms with E-state index in [-0.39, 0.29) is 5.82 Å². The van der Waals surface area contributed by atoms with Crippen molar-refractivity contribution in [1.29, 1.82) is 0 Å². The molecule has 0 saturated heterocycles. The molecule has 3 heteroatoms. The molecule has 0 aromatic heterocycles. The quantitative estimate of drug-likeness (QED) is 0.864. The maximum atomic E-state index is 12.8. The van der Waals surface area contributed by atoms with Gasteiger partial charge in [-0.1, -0.05) is 35.9 Å². The van der Waals surface area contributed by atoms with E-state index < -0.39 is 0 Å². The van der Waals surface area contributed by atoms with Crippen molar-refractivity contribution in [2.45, 2.75) is 25.9 Å². The average molecular weight is 278 g/mol. The Morgan fingerprint density at radius 2 is 1.84 bits per heavy atom. The molecular weight excluding hydrogens is 261 g/mol. The summed E-state index contributed by atoms with van der Waals surface area (Å²) in [5, 5.41) is 4.19. The van der Waals surface area contributed by atoms with Gasteiger partial charge in [0.05, 0.1) is 0 Å². The maximum absolute atomic E-state index is 12.8. The van der Waals surface area contributed by atoms with E-state index in [1.54, 1.807) is 0 Å². The van der Waals surface area contributed by atoms with Gasteiger partial charge in [-0.05, 0) is 48.7 Å². The van der Waals surface area contributed by atoms with Gasteiger partial charge in [0.2, 0.25) is 0 Å². The Balaban J connectivity index is 1.84. The Kier molecular flexibility index (Phi) is 4.94. The Hall–Kier alpha value is -1.38. The second kappa shape index (κ2) is 6.69. The van der Waals surface area contributed by atoms with Gasteiger partial charge < -0.3 is 5.32 Å². The van der Waals surface area contributed by atoms with Gasteiger partial charge in [0, 0.05) is 17.6 Å². The predicted octanol–water partition coefficient (Wildman–Crippen LogP) is 4.20. The van der Waals surface area contributed by atoms with Gasteiger partial charge >= 0.3 is 0 Å². The van der Waals surface area contributed by atoms with Crippen LogP contribution in [0.4, 0.5) is 4.39 Å². The minimum Gasteiger partial charge on any atom is -0.310 e. The highest BCUT2D eigenvalue weighted by atomic mass is 35.5. The SMILES string of the molecule is CC(Cc1ccc(F)cc1)NCc1cccc(Cl)c1. The lowest BCUT2D eigenvalue weighted by molar-refractivity contribution is 0.544. The number of benzene rings is 2. The van der Waals surface area contributed by atoms with Crippen molar-refractivity contribution in [2.24, 2.45) is 0 Å². The summed E-state index contributed by atoms with van der Waals surface area (Å²) in [4.78, 5) is 0. The molecule has 0 amide bonds. The van der Waals surface area contributed by atoms with Gasteiger partial charge in [0.25, 0.3) is 0 Å². The number of hydrogen-bond acceptors (Lipinski definition) is 1. The van der Waals surface area contributed by atoms with Crippen molar-refractivity contribution in [1.82, 2.24) is 5.32 Å². The molecule has 0 saturated carbocycles. The molecule has 1 unspecified atom stereocenters. The van der Waals surface area contributed by atoms with Gasteiger partial charge in [-0.2, -0.15) is 0 Å². The van der Waals surface area contributed by atoms with Gasteiger partial charge in [-0.15, -0.1) is 0 Å². The number of rotatable bonds is 5. The van der Waals surface area contributed by atoms with Crippen LogP contribution in [0.15, 0.2) is 48.5 Å². The molecule has 0 spiro atoms. The van der Waals surface area contributed by atoms with Crippen molar-refractivity contribution in [2.75, 3.05) is 0 Å². The zero-order valence-electron chi connectivity index (χ0n) is 10.9. The molecule has 2 aromatic carbocycles. The first-order valence-corrected chi connectivity index (χ1v) is 6.73. The largest absolute Gasteiger partial charge is 0.310 e. The number of nitrogens with one attached hydrogen (secondary N) is 1. The van der Waals surface area contributed by atoms with E-state index in [2.05, 4.69) is 12.2 Å². The molecule has 0 aliphatic heterocycles. The molecule has 1 N–H and O–H groups in total. The van der Waals surface area contributed by atoms with Crippen LogP contribution >= 0.6 is 11.6 Å². The van der Waals surface area contributed by atoms with Crippen LogP contribution in [0.3, 0.4) is 0 Å². The van der Waals surface area contributed by atoms with Crippen molar-refractivity contribution >= 4 is 11.6 Å². The highest BCUT2D eigenvalue weighted by Gasteiger charge is 2.04. The molecule has 0 aliphatic rings. The Morgan fingerprint density at radius 3 is 2.53 bits per heavy atom. The monoisotopic (exact) mass is 277 g/mol. The van der Waals surface area contributed by atoms with E-state index in [0.717, 1.165) is 23.6 Å². The summed E-state index contributed by atoms with van der Waals surface area (Å²) < 4.78 is 12.8. The van der Waals surface area contributed by atoms with Crippen LogP contribution in [0, 0.1) is 5.82 Å². The number of hydrogen-bond donors (Lipinski definition) is 1. The van der Waals surface area contributed by atoms with Crippen LogP contribution < -0.4 is 5.32 Å². The summed E-state index contributed by atoms with van der Waals surface area (Å²) in [6.07, 6.45) is 0.876. The predicted molar refractivity (Wildman–Crippen MR) is 77.9 cm³/mol. The number of halogens is 2. The second-order valence-corrected chi connectivity index (χ2v) is 5.18. The van der Waals surface area contributed by atoms with Crippen LogP contribution in [0.5, 0.6) is 0 Å². The fourth-order valence-electron chi connectivity index (χ4n) is 1.99. The summed E-state index contributed by atoms with van der Waals surface area (Å²) in [5.41, 5.74) is 2.30. The molecule has 0 fully saturated rings. The molecule has 100 valence electrons. The lowest BCUT2D eigenvalue weighted by Gasteiger charge is -2.14. The van der Waals surface area contributed by atoms with Crippen molar-refractivity contribution in [3.63, 3.8) is 0 Å². The Bertz CT molecular complexity index is 525. The van der Waals surface area contributed by atoms with Gasteiger partial charge in [0.15, 0.2) is 0 Å². The van der Waals surface area contributed by atoms with Gasteiger partial charge in [-0.25, -0.2) is 4.39 Å². The summed E-state index contributed by atoms with van der Waals surface area (Å²) in [5.74, 6) is -0.191. The minimum absolute atomic E-state index is 0.191. The molecule has 1 atom stereocenters. The van der Waals surface area contributed by atoms with Crippen LogP contribution in [-0.2, 0) is 13.0 Å². The summed E-state index contributed by atoms with van der Waals surface area (Å²) >= 11 is 5.94. The van der Waals surface area contributed by atoms with Crippen molar-refractivity contribution < 1.29 is 4.39 Å². The zero-order valence-corrected chi connectivity index (χ0v) is 11.6. The summed E-state index contributed by atoms with van der Waals surface area (Å²) in [7, 11) is 0. The van der Waals surface area contributed by atoms with E-state index >= 15 is 0 Å². The third kappa shape index (κ3) is 4.66. The van der Waals surface area contributed by atoms with Crippen LogP contribution in [0.1, 0.15) is 18.1 Å². The topological polar surface area (TPSA) is 12.0 Å². The highest BCUT2D eigenvalue weighted by molar-refractivity contribution is 6.30. The molecule has 1 nitrogen and oxygen atoms in total. The molecule has 2 aromatic rings. The lowest BCUT2D eigenvalue weighted by Crippen LogP contribution is -2.27. The summed E-state index contributed by atoms with van der Waals surface area (Å²) in [6, 6.07) is 14.8. The Labute approximate surface area is 118 Å². The zero-order chi connectivity index (χ0) is 13.7. The molecule has 2 rings (SSSR count). The fourth-order valence-corrected chi connectivity index (χ4v) is 2.20. The van der Waals surface area contributed by atoms with E-state index in [1.807, 2.05) is 36.4 Å². The van der Waals surface area contributed by atoms with Crippen LogP contribution in [0.2, 0.25) is 5.02 Å². The van der Waals surface area contributed by atoms with E-state index in [9.17, 15) is 4.39 Å². The first-order chi connectivity index (χ1) is 9.13. The minimum atomic E-state index is -0.191. The van der Waals surface area contributed by atoms with Gasteiger partial charge in [-0.3, -0.25) is 0 Å². The first kappa shape index (κ1) is 14.0. The van der Waals surface area contributed by atoms with Crippen LogP contribution in [-0.4, -0.2) is 6.04 Å². The molecule has 0 heterocycles. The second-order valence-electron chi connectivity index (χ2n) is 4.74. The maximum Gasteiger partial charge on any atom is 0.123 e. The standard InChI is InChI=1S/C16H17ClFN/c1-12(9-13-5-7-16(18)8-6-13)19-11-14-3-2-4-15(17)10-14/h2-8,10,12,19H,9,11H2,1H3. The molecule has 0 aliphatic carbocycles. The third-order valence-electron chi connectivity index (χ3n) is 3.00. The molecule has 0 radical (unpaired) electrons. The normalized spacial score (nSPS) is 12.4. The summed E-state index contributed by atoms with van der Waals surface area (Å²) in [6.45, 7) is 2.90. The first-order valence-electron chi connectivity index (χ1n) is 6.36. The van der Waals surface area contributed by atoms with Crippen molar-refractivity contribution in [3.8, 4) is 0 Å². The molecule has 19 heavy (non-hydrogen) atoms. The molecular formula is C16H17ClFN. The Morgan fingerprint density at radius 1 is 1.11 bits per heavy atom. The lowest BCUT2D eigenvalue weighted by atomic mass is 10.1. The van der Waals surface area contributed by atoms with E-state index in [0.29, 0.717) is 6.04 Å². The smallest absolute Gasteiger partial charge is 0.123 e. The van der Waals surface area contributed by atoms with E-state index in [1.165, 1.54) is 17.7 Å². The van der Waals surface area contributed by atoms with Crippen molar-refractivity contribution in [3.05, 3.63) is 70.5 Å². The van der Waals surface area contributed by atoms with Crippen LogP contribution in [0.25, 0.3) is 0 Å². The fraction of sp³-hybridized carbons (Fsp3) is 0.250.